The van der Waals surface area contributed by atoms with E-state index < -0.39 is 0 Å². The molecule has 0 fully saturated rings. The van der Waals surface area contributed by atoms with Gasteiger partial charge in [-0.25, -0.2) is 4.98 Å². The molecule has 0 amide bonds. The van der Waals surface area contributed by atoms with Gasteiger partial charge in [0.2, 0.25) is 5.89 Å². The number of ether oxygens (including phenoxy) is 1. The molecule has 0 saturated carbocycles. The van der Waals surface area contributed by atoms with Gasteiger partial charge in [0, 0.05) is 32.2 Å². The molecule has 0 spiro atoms. The lowest BCUT2D eigenvalue weighted by molar-refractivity contribution is 0.0548. The third kappa shape index (κ3) is 9.72. The van der Waals surface area contributed by atoms with Crippen molar-refractivity contribution in [3.63, 3.8) is 0 Å². The maximum atomic E-state index is 5.79. The molecular weight excluding hydrogens is 445 g/mol. The summed E-state index contributed by atoms with van der Waals surface area (Å²) >= 11 is 0. The van der Waals surface area contributed by atoms with Crippen molar-refractivity contribution >= 4 is 29.9 Å². The highest BCUT2D eigenvalue weighted by molar-refractivity contribution is 14.0. The molecule has 1 aromatic heterocycles. The van der Waals surface area contributed by atoms with Crippen LogP contribution in [0.4, 0.5) is 0 Å². The van der Waals surface area contributed by atoms with E-state index in [4.69, 9.17) is 9.15 Å². The van der Waals surface area contributed by atoms with Crippen LogP contribution in [0, 0.1) is 0 Å². The van der Waals surface area contributed by atoms with Crippen molar-refractivity contribution in [2.45, 2.75) is 52.2 Å². The van der Waals surface area contributed by atoms with Gasteiger partial charge in [0.15, 0.2) is 5.96 Å². The van der Waals surface area contributed by atoms with E-state index in [0.717, 1.165) is 18.7 Å². The lowest BCUT2D eigenvalue weighted by Crippen LogP contribution is -2.42. The molecule has 7 nitrogen and oxygen atoms in total. The van der Waals surface area contributed by atoms with Crippen LogP contribution in [0.15, 0.2) is 15.6 Å². The van der Waals surface area contributed by atoms with Crippen LogP contribution in [0.5, 0.6) is 0 Å². The molecule has 0 aliphatic carbocycles. The van der Waals surface area contributed by atoms with Gasteiger partial charge in [-0.15, -0.1) is 24.0 Å². The number of nitrogens with one attached hydrogen (secondary N) is 2. The molecule has 0 bridgehead atoms. The fourth-order valence-electron chi connectivity index (χ4n) is 2.21. The predicted octanol–water partition coefficient (Wildman–Crippen LogP) is 2.61. The number of rotatable bonds is 9. The Morgan fingerprint density at radius 3 is 2.54 bits per heavy atom. The number of halogens is 1. The number of guanidine groups is 1. The van der Waals surface area contributed by atoms with Crippen molar-refractivity contribution in [3.05, 3.63) is 17.8 Å². The van der Waals surface area contributed by atoms with E-state index in [1.165, 1.54) is 0 Å². The summed E-state index contributed by atoms with van der Waals surface area (Å²) < 4.78 is 11.6. The lowest BCUT2D eigenvalue weighted by Gasteiger charge is -2.21. The molecule has 26 heavy (non-hydrogen) atoms. The quantitative estimate of drug-likeness (QED) is 0.321. The summed E-state index contributed by atoms with van der Waals surface area (Å²) in [6.45, 7) is 11.2. The summed E-state index contributed by atoms with van der Waals surface area (Å²) in [6.07, 6.45) is 2.92. The van der Waals surface area contributed by atoms with E-state index >= 15 is 0 Å². The second-order valence-electron chi connectivity index (χ2n) is 7.34. The van der Waals surface area contributed by atoms with Crippen LogP contribution in [0.3, 0.4) is 0 Å². The van der Waals surface area contributed by atoms with Gasteiger partial charge in [0.25, 0.3) is 0 Å². The van der Waals surface area contributed by atoms with E-state index in [9.17, 15) is 0 Å². The number of aliphatic imine (C=N–C) groups is 1. The first-order chi connectivity index (χ1) is 11.8. The molecule has 0 radical (unpaired) electrons. The number of nitrogens with zero attached hydrogens (tertiary/aromatic N) is 3. The predicted molar refractivity (Wildman–Crippen MR) is 117 cm³/mol. The SMILES string of the molecule is CCOC(CCN(C)C)CNC(=NC)NCc1ncc(C(C)(C)C)o1.I. The summed E-state index contributed by atoms with van der Waals surface area (Å²) in [5.74, 6) is 2.25. The third-order valence-corrected chi connectivity index (χ3v) is 3.72. The Morgan fingerprint density at radius 1 is 1.35 bits per heavy atom. The summed E-state index contributed by atoms with van der Waals surface area (Å²) in [5, 5.41) is 6.54. The molecule has 8 heteroatoms. The molecule has 1 atom stereocenters. The highest BCUT2D eigenvalue weighted by Crippen LogP contribution is 2.22. The molecule has 1 unspecified atom stereocenters. The Bertz CT molecular complexity index is 526. The minimum absolute atomic E-state index is 0. The van der Waals surface area contributed by atoms with E-state index in [2.05, 4.69) is 60.4 Å². The first kappa shape index (κ1) is 25.1. The molecule has 2 N–H and O–H groups in total. The molecule has 0 aliphatic heterocycles. The Morgan fingerprint density at radius 2 is 2.04 bits per heavy atom. The minimum Gasteiger partial charge on any atom is -0.443 e. The van der Waals surface area contributed by atoms with Crippen LogP contribution in [-0.2, 0) is 16.7 Å². The fourth-order valence-corrected chi connectivity index (χ4v) is 2.21. The zero-order valence-electron chi connectivity index (χ0n) is 17.3. The molecule has 0 aromatic carbocycles. The minimum atomic E-state index is -0.0394. The zero-order valence-corrected chi connectivity index (χ0v) is 19.6. The van der Waals surface area contributed by atoms with Gasteiger partial charge in [-0.2, -0.15) is 0 Å². The first-order valence-electron chi connectivity index (χ1n) is 8.92. The molecule has 152 valence electrons. The summed E-state index contributed by atoms with van der Waals surface area (Å²) in [5.41, 5.74) is -0.0394. The van der Waals surface area contributed by atoms with Crippen molar-refractivity contribution in [1.29, 1.82) is 0 Å². The number of aromatic nitrogens is 1. The standard InChI is InChI=1S/C18H35N5O2.HI/c1-8-24-14(9-10-23(6)7)11-21-17(19-5)22-13-16-20-12-15(25-16)18(2,3)4;/h12,14H,8-11,13H2,1-7H3,(H2,19,21,22);1H. The zero-order chi connectivity index (χ0) is 18.9. The van der Waals surface area contributed by atoms with Gasteiger partial charge in [-0.3, -0.25) is 4.99 Å². The van der Waals surface area contributed by atoms with Gasteiger partial charge in [-0.1, -0.05) is 20.8 Å². The maximum absolute atomic E-state index is 5.79. The monoisotopic (exact) mass is 481 g/mol. The van der Waals surface area contributed by atoms with Gasteiger partial charge >= 0.3 is 0 Å². The van der Waals surface area contributed by atoms with Crippen LogP contribution in [0.1, 0.15) is 45.8 Å². The topological polar surface area (TPSA) is 74.9 Å². The van der Waals surface area contributed by atoms with E-state index in [-0.39, 0.29) is 35.5 Å². The van der Waals surface area contributed by atoms with Crippen molar-refractivity contribution in [2.75, 3.05) is 40.8 Å². The van der Waals surface area contributed by atoms with Crippen LogP contribution in [0.25, 0.3) is 0 Å². The Kier molecular flexibility index (Phi) is 12.1. The van der Waals surface area contributed by atoms with Gasteiger partial charge in [0.05, 0.1) is 18.8 Å². The van der Waals surface area contributed by atoms with E-state index in [0.29, 0.717) is 31.5 Å². The fraction of sp³-hybridized carbons (Fsp3) is 0.778. The Hall–Kier alpha value is -0.870. The van der Waals surface area contributed by atoms with Crippen LogP contribution < -0.4 is 10.6 Å². The average molecular weight is 481 g/mol. The molecule has 1 heterocycles. The largest absolute Gasteiger partial charge is 0.443 e. The summed E-state index contributed by atoms with van der Waals surface area (Å²) in [6, 6.07) is 0. The average Bonchev–Trinajstić information content (AvgIpc) is 3.01. The maximum Gasteiger partial charge on any atom is 0.213 e. The molecule has 1 rings (SSSR count). The Labute approximate surface area is 175 Å². The highest BCUT2D eigenvalue weighted by atomic mass is 127. The molecular formula is C18H36IN5O2. The number of hydrogen-bond donors (Lipinski definition) is 2. The normalized spacial score (nSPS) is 13.5. The Balaban J connectivity index is 0.00000625. The summed E-state index contributed by atoms with van der Waals surface area (Å²) in [4.78, 5) is 10.7. The second-order valence-corrected chi connectivity index (χ2v) is 7.34. The van der Waals surface area contributed by atoms with Crippen LogP contribution in [0.2, 0.25) is 0 Å². The van der Waals surface area contributed by atoms with Crippen molar-refractivity contribution in [3.8, 4) is 0 Å². The van der Waals surface area contributed by atoms with Crippen LogP contribution in [-0.4, -0.2) is 62.8 Å². The number of oxazole rings is 1. The molecule has 0 aliphatic rings. The third-order valence-electron chi connectivity index (χ3n) is 3.72. The van der Waals surface area contributed by atoms with Crippen molar-refractivity contribution < 1.29 is 9.15 Å². The van der Waals surface area contributed by atoms with E-state index in [1.807, 2.05) is 6.92 Å². The van der Waals surface area contributed by atoms with Gasteiger partial charge < -0.3 is 24.7 Å². The van der Waals surface area contributed by atoms with Gasteiger partial charge in [0.1, 0.15) is 5.76 Å². The smallest absolute Gasteiger partial charge is 0.213 e. The van der Waals surface area contributed by atoms with Crippen molar-refractivity contribution in [2.24, 2.45) is 4.99 Å². The first-order valence-corrected chi connectivity index (χ1v) is 8.92. The molecule has 0 saturated heterocycles. The molecule has 1 aromatic rings. The van der Waals surface area contributed by atoms with Gasteiger partial charge in [-0.05, 0) is 27.4 Å². The van der Waals surface area contributed by atoms with E-state index in [1.54, 1.807) is 13.2 Å². The van der Waals surface area contributed by atoms with Crippen LogP contribution >= 0.6 is 24.0 Å². The lowest BCUT2D eigenvalue weighted by atomic mass is 9.94. The summed E-state index contributed by atoms with van der Waals surface area (Å²) in [7, 11) is 5.89. The highest BCUT2D eigenvalue weighted by Gasteiger charge is 2.19. The number of hydrogen-bond acceptors (Lipinski definition) is 5. The second kappa shape index (κ2) is 12.5. The van der Waals surface area contributed by atoms with Crippen molar-refractivity contribution in [1.82, 2.24) is 20.5 Å².